The maximum absolute atomic E-state index is 11.8. The summed E-state index contributed by atoms with van der Waals surface area (Å²) in [4.78, 5) is 11.8. The first kappa shape index (κ1) is 19.5. The number of H-pyrrole nitrogens is 1. The zero-order valence-electron chi connectivity index (χ0n) is 15.6. The number of nitrogens with one attached hydrogen (secondary N) is 1. The van der Waals surface area contributed by atoms with Crippen LogP contribution in [0.1, 0.15) is 23.6 Å². The van der Waals surface area contributed by atoms with E-state index in [4.69, 9.17) is 21.7 Å². The molecule has 0 atom stereocenters. The third kappa shape index (κ3) is 4.92. The van der Waals surface area contributed by atoms with Crippen molar-refractivity contribution >= 4 is 18.4 Å². The highest BCUT2D eigenvalue weighted by molar-refractivity contribution is 7.71. The molecule has 0 saturated heterocycles. The van der Waals surface area contributed by atoms with E-state index >= 15 is 0 Å². The average molecular weight is 396 g/mol. The molecule has 0 saturated carbocycles. The molecule has 0 unspecified atom stereocenters. The Kier molecular flexibility index (Phi) is 6.33. The van der Waals surface area contributed by atoms with Gasteiger partial charge >= 0.3 is 0 Å². The summed E-state index contributed by atoms with van der Waals surface area (Å²) in [5.74, 6) is 1.24. The highest BCUT2D eigenvalue weighted by atomic mass is 32.1. The van der Waals surface area contributed by atoms with Crippen molar-refractivity contribution in [1.29, 1.82) is 0 Å². The van der Waals surface area contributed by atoms with Crippen LogP contribution in [0.25, 0.3) is 0 Å². The molecule has 144 valence electrons. The van der Waals surface area contributed by atoms with Gasteiger partial charge < -0.3 is 9.47 Å². The second-order valence-electron chi connectivity index (χ2n) is 5.98. The summed E-state index contributed by atoms with van der Waals surface area (Å²) >= 11 is 5.02. The number of ether oxygens (including phenoxy) is 2. The van der Waals surface area contributed by atoms with Crippen molar-refractivity contribution in [2.24, 2.45) is 5.10 Å². The molecule has 8 heteroatoms. The van der Waals surface area contributed by atoms with Gasteiger partial charge in [-0.3, -0.25) is 9.89 Å². The Morgan fingerprint density at radius 2 is 1.96 bits per heavy atom. The molecule has 0 aliphatic carbocycles. The van der Waals surface area contributed by atoms with Crippen molar-refractivity contribution in [2.75, 3.05) is 6.61 Å². The van der Waals surface area contributed by atoms with E-state index < -0.39 is 5.56 Å². The summed E-state index contributed by atoms with van der Waals surface area (Å²) in [5, 5.41) is 10.3. The second-order valence-corrected chi connectivity index (χ2v) is 6.37. The van der Waals surface area contributed by atoms with E-state index in [9.17, 15) is 4.79 Å². The number of aromatic amines is 1. The maximum Gasteiger partial charge on any atom is 0.293 e. The Bertz CT molecular complexity index is 1060. The summed E-state index contributed by atoms with van der Waals surface area (Å²) < 4.78 is 12.8. The minimum atomic E-state index is -0.414. The number of hydrogen-bond donors (Lipinski definition) is 1. The lowest BCUT2D eigenvalue weighted by Gasteiger charge is -2.12. The fourth-order valence-corrected chi connectivity index (χ4v) is 2.61. The highest BCUT2D eigenvalue weighted by Gasteiger charge is 2.07. The first-order chi connectivity index (χ1) is 13.6. The van der Waals surface area contributed by atoms with Crippen LogP contribution in [0.4, 0.5) is 0 Å². The van der Waals surface area contributed by atoms with E-state index in [0.29, 0.717) is 24.7 Å². The molecular weight excluding hydrogens is 376 g/mol. The van der Waals surface area contributed by atoms with E-state index in [0.717, 1.165) is 22.0 Å². The highest BCUT2D eigenvalue weighted by Crippen LogP contribution is 2.29. The predicted octanol–water partition coefficient (Wildman–Crippen LogP) is 3.47. The van der Waals surface area contributed by atoms with Crippen LogP contribution in [-0.2, 0) is 6.61 Å². The van der Waals surface area contributed by atoms with Crippen molar-refractivity contribution in [2.45, 2.75) is 20.5 Å². The smallest absolute Gasteiger partial charge is 0.293 e. The minimum absolute atomic E-state index is 0.117. The number of rotatable bonds is 7. The van der Waals surface area contributed by atoms with Gasteiger partial charge in [0.2, 0.25) is 4.77 Å². The van der Waals surface area contributed by atoms with Gasteiger partial charge in [0.05, 0.1) is 12.8 Å². The summed E-state index contributed by atoms with van der Waals surface area (Å²) in [6.07, 6.45) is 2.64. The van der Waals surface area contributed by atoms with E-state index in [1.165, 1.54) is 11.8 Å². The van der Waals surface area contributed by atoms with Crippen molar-refractivity contribution in [3.8, 4) is 11.5 Å². The van der Waals surface area contributed by atoms with Crippen LogP contribution < -0.4 is 15.0 Å². The normalized spacial score (nSPS) is 10.9. The van der Waals surface area contributed by atoms with Gasteiger partial charge in [-0.25, -0.2) is 0 Å². The first-order valence-corrected chi connectivity index (χ1v) is 9.14. The molecule has 0 spiro atoms. The van der Waals surface area contributed by atoms with E-state index in [1.807, 2.05) is 50.2 Å². The van der Waals surface area contributed by atoms with Crippen LogP contribution in [0, 0.1) is 11.7 Å². The third-order valence-electron chi connectivity index (χ3n) is 3.84. The molecule has 0 aliphatic rings. The quantitative estimate of drug-likeness (QED) is 0.488. The van der Waals surface area contributed by atoms with Crippen LogP contribution in [0.3, 0.4) is 0 Å². The summed E-state index contributed by atoms with van der Waals surface area (Å²) in [6, 6.07) is 13.6. The van der Waals surface area contributed by atoms with Crippen LogP contribution in [0.5, 0.6) is 11.5 Å². The topological polar surface area (TPSA) is 81.5 Å². The third-order valence-corrected chi connectivity index (χ3v) is 4.11. The molecule has 1 aromatic heterocycles. The molecule has 0 fully saturated rings. The van der Waals surface area contributed by atoms with Gasteiger partial charge in [0.15, 0.2) is 11.5 Å². The SMILES string of the molecule is CCOc1cc(/C=N\n2c(=O)cn[nH]c2=S)ccc1OCc1ccc(C)cc1. The van der Waals surface area contributed by atoms with Crippen molar-refractivity contribution < 1.29 is 9.47 Å². The second kappa shape index (κ2) is 9.09. The number of aryl methyl sites for hydroxylation is 1. The maximum atomic E-state index is 11.8. The van der Waals surface area contributed by atoms with Crippen LogP contribution in [-0.4, -0.2) is 27.7 Å². The fourth-order valence-electron chi connectivity index (χ4n) is 2.42. The number of aromatic nitrogens is 3. The zero-order valence-corrected chi connectivity index (χ0v) is 16.4. The van der Waals surface area contributed by atoms with Gasteiger partial charge in [0.25, 0.3) is 5.56 Å². The summed E-state index contributed by atoms with van der Waals surface area (Å²) in [6.45, 7) is 4.89. The van der Waals surface area contributed by atoms with Gasteiger partial charge in [-0.05, 0) is 55.4 Å². The Hall–Kier alpha value is -3.26. The molecule has 0 radical (unpaired) electrons. The van der Waals surface area contributed by atoms with Crippen molar-refractivity contribution in [3.05, 3.63) is 80.5 Å². The van der Waals surface area contributed by atoms with E-state index in [2.05, 4.69) is 15.3 Å². The van der Waals surface area contributed by atoms with Gasteiger partial charge in [-0.15, -0.1) is 0 Å². The molecule has 1 N–H and O–H groups in total. The molecule has 0 amide bonds. The Morgan fingerprint density at radius 3 is 2.68 bits per heavy atom. The molecule has 2 aromatic carbocycles. The lowest BCUT2D eigenvalue weighted by molar-refractivity contribution is 0.269. The monoisotopic (exact) mass is 396 g/mol. The molecule has 7 nitrogen and oxygen atoms in total. The molecule has 0 bridgehead atoms. The van der Waals surface area contributed by atoms with Crippen LogP contribution in [0.2, 0.25) is 0 Å². The molecule has 1 heterocycles. The van der Waals surface area contributed by atoms with Gasteiger partial charge in [0, 0.05) is 0 Å². The van der Waals surface area contributed by atoms with Crippen molar-refractivity contribution in [1.82, 2.24) is 14.9 Å². The molecule has 3 aromatic rings. The predicted molar refractivity (Wildman–Crippen MR) is 110 cm³/mol. The molecular formula is C20H20N4O3S. The van der Waals surface area contributed by atoms with Gasteiger partial charge in [-0.1, -0.05) is 29.8 Å². The van der Waals surface area contributed by atoms with E-state index in [-0.39, 0.29) is 4.77 Å². The molecule has 28 heavy (non-hydrogen) atoms. The van der Waals surface area contributed by atoms with Crippen LogP contribution in [0.15, 0.2) is 58.6 Å². The summed E-state index contributed by atoms with van der Waals surface area (Å²) in [7, 11) is 0. The first-order valence-electron chi connectivity index (χ1n) is 8.73. The largest absolute Gasteiger partial charge is 0.490 e. The standard InChI is InChI=1S/C20H20N4O3S/c1-3-26-18-10-16(11-22-24-19(25)12-21-23-20(24)28)8-9-17(18)27-13-15-6-4-14(2)5-7-15/h4-12H,3,13H2,1-2H3,(H,23,28)/b22-11-. The van der Waals surface area contributed by atoms with E-state index in [1.54, 1.807) is 6.07 Å². The Labute approximate surface area is 167 Å². The Balaban J connectivity index is 1.80. The molecule has 0 aliphatic heterocycles. The number of benzene rings is 2. The average Bonchev–Trinajstić information content (AvgIpc) is 2.68. The fraction of sp³-hybridized carbons (Fsp3) is 0.200. The van der Waals surface area contributed by atoms with Crippen molar-refractivity contribution in [3.63, 3.8) is 0 Å². The number of hydrogen-bond acceptors (Lipinski definition) is 6. The summed E-state index contributed by atoms with van der Waals surface area (Å²) in [5.41, 5.74) is 2.60. The number of nitrogens with zero attached hydrogens (tertiary/aromatic N) is 3. The lowest BCUT2D eigenvalue weighted by atomic mass is 10.2. The van der Waals surface area contributed by atoms with Gasteiger partial charge in [0.1, 0.15) is 12.8 Å². The van der Waals surface area contributed by atoms with Gasteiger partial charge in [-0.2, -0.15) is 14.9 Å². The minimum Gasteiger partial charge on any atom is -0.490 e. The van der Waals surface area contributed by atoms with Crippen LogP contribution >= 0.6 is 12.2 Å². The zero-order chi connectivity index (χ0) is 19.9. The molecule has 3 rings (SSSR count). The lowest BCUT2D eigenvalue weighted by Crippen LogP contribution is -2.18. The Morgan fingerprint density at radius 1 is 1.18 bits per heavy atom.